The van der Waals surface area contributed by atoms with Crippen LogP contribution in [-0.4, -0.2) is 20.1 Å². The molecule has 1 heterocycles. The summed E-state index contributed by atoms with van der Waals surface area (Å²) in [6.07, 6.45) is 5.79. The van der Waals surface area contributed by atoms with E-state index in [1.54, 1.807) is 10.9 Å². The summed E-state index contributed by atoms with van der Waals surface area (Å²) in [5.74, 6) is 0.666. The third-order valence-corrected chi connectivity index (χ3v) is 3.70. The van der Waals surface area contributed by atoms with Gasteiger partial charge in [0.2, 0.25) is 0 Å². The molecule has 0 aliphatic heterocycles. The zero-order valence-corrected chi connectivity index (χ0v) is 10.2. The second-order valence-corrected chi connectivity index (χ2v) is 4.95. The maximum atomic E-state index is 10.3. The highest BCUT2D eigenvalue weighted by Crippen LogP contribution is 2.34. The highest BCUT2D eigenvalue weighted by Gasteiger charge is 2.24. The molecule has 3 rings (SSSR count). The second kappa shape index (κ2) is 4.90. The molecule has 1 aromatic carbocycles. The van der Waals surface area contributed by atoms with E-state index < -0.39 is 6.10 Å². The molecule has 94 valence electrons. The Hall–Kier alpha value is -1.68. The lowest BCUT2D eigenvalue weighted by atomic mass is 9.81. The molecule has 1 saturated carbocycles. The van der Waals surface area contributed by atoms with Crippen molar-refractivity contribution in [3.63, 3.8) is 0 Å². The van der Waals surface area contributed by atoms with Crippen molar-refractivity contribution < 1.29 is 5.11 Å². The van der Waals surface area contributed by atoms with Gasteiger partial charge in [-0.05, 0) is 24.5 Å². The Kier molecular flexibility index (Phi) is 3.11. The van der Waals surface area contributed by atoms with Crippen LogP contribution in [0.3, 0.4) is 0 Å². The fourth-order valence-corrected chi connectivity index (χ4v) is 2.41. The minimum absolute atomic E-state index is 0.467. The normalized spacial score (nSPS) is 17.4. The molecule has 1 unspecified atom stereocenters. The number of aliphatic hydroxyl groups excluding tert-OH is 1. The highest BCUT2D eigenvalue weighted by atomic mass is 16.3. The molecule has 4 heteroatoms. The number of aromatic nitrogens is 3. The number of nitrogens with zero attached hydrogens (tertiary/aromatic N) is 3. The van der Waals surface area contributed by atoms with Gasteiger partial charge in [0.05, 0.1) is 23.7 Å². The first-order valence-electron chi connectivity index (χ1n) is 6.48. The van der Waals surface area contributed by atoms with Crippen molar-refractivity contribution in [1.82, 2.24) is 15.0 Å². The molecule has 1 aliphatic carbocycles. The van der Waals surface area contributed by atoms with Crippen LogP contribution in [0.1, 0.15) is 37.5 Å². The van der Waals surface area contributed by atoms with Crippen LogP contribution < -0.4 is 0 Å². The van der Waals surface area contributed by atoms with Crippen LogP contribution in [0.4, 0.5) is 0 Å². The average Bonchev–Trinajstić information content (AvgIpc) is 2.84. The van der Waals surface area contributed by atoms with Gasteiger partial charge in [0, 0.05) is 0 Å². The zero-order valence-electron chi connectivity index (χ0n) is 10.2. The topological polar surface area (TPSA) is 50.9 Å². The largest absolute Gasteiger partial charge is 0.387 e. The lowest BCUT2D eigenvalue weighted by Crippen LogP contribution is -2.16. The van der Waals surface area contributed by atoms with Crippen molar-refractivity contribution in [2.24, 2.45) is 5.92 Å². The molecule has 0 amide bonds. The number of benzene rings is 1. The number of hydrogen-bond donors (Lipinski definition) is 1. The molecule has 18 heavy (non-hydrogen) atoms. The van der Waals surface area contributed by atoms with Crippen LogP contribution >= 0.6 is 0 Å². The first-order chi connectivity index (χ1) is 8.84. The molecule has 4 nitrogen and oxygen atoms in total. The van der Waals surface area contributed by atoms with Gasteiger partial charge in [-0.15, -0.1) is 5.10 Å². The maximum Gasteiger partial charge on any atom is 0.0980 e. The molecule has 2 aromatic rings. The van der Waals surface area contributed by atoms with Crippen molar-refractivity contribution in [3.8, 4) is 5.69 Å². The predicted octanol–water partition coefficient (Wildman–Crippen LogP) is 2.49. The summed E-state index contributed by atoms with van der Waals surface area (Å²) in [5.41, 5.74) is 1.73. The van der Waals surface area contributed by atoms with E-state index in [2.05, 4.69) is 10.3 Å². The van der Waals surface area contributed by atoms with Gasteiger partial charge in [0.15, 0.2) is 0 Å². The number of para-hydroxylation sites is 1. The van der Waals surface area contributed by atoms with E-state index in [1.807, 2.05) is 30.3 Å². The van der Waals surface area contributed by atoms with Gasteiger partial charge in [-0.2, -0.15) is 0 Å². The molecule has 1 aromatic heterocycles. The summed E-state index contributed by atoms with van der Waals surface area (Å²) in [7, 11) is 0. The van der Waals surface area contributed by atoms with E-state index in [-0.39, 0.29) is 0 Å². The molecule has 0 spiro atoms. The lowest BCUT2D eigenvalue weighted by Gasteiger charge is -2.27. The van der Waals surface area contributed by atoms with Crippen LogP contribution in [0.25, 0.3) is 5.69 Å². The summed E-state index contributed by atoms with van der Waals surface area (Å²) in [5, 5.41) is 18.3. The van der Waals surface area contributed by atoms with Crippen LogP contribution in [0.5, 0.6) is 0 Å². The molecular formula is C14H17N3O. The van der Waals surface area contributed by atoms with Crippen LogP contribution in [0.15, 0.2) is 36.5 Å². The Bertz CT molecular complexity index is 505. The van der Waals surface area contributed by atoms with E-state index in [9.17, 15) is 5.11 Å². The first kappa shape index (κ1) is 11.4. The van der Waals surface area contributed by atoms with Gasteiger partial charge >= 0.3 is 0 Å². The molecule has 0 radical (unpaired) electrons. The Balaban J connectivity index is 1.82. The standard InChI is InChI=1S/C14H17N3O/c18-14(9-11-5-4-6-11)13-10-15-16-17(13)12-7-2-1-3-8-12/h1-3,7-8,10-11,14,18H,4-6,9H2. The van der Waals surface area contributed by atoms with Gasteiger partial charge in [0.25, 0.3) is 0 Å². The number of hydrogen-bond acceptors (Lipinski definition) is 3. The minimum Gasteiger partial charge on any atom is -0.387 e. The second-order valence-electron chi connectivity index (χ2n) is 4.95. The van der Waals surface area contributed by atoms with E-state index in [4.69, 9.17) is 0 Å². The number of rotatable bonds is 4. The third kappa shape index (κ3) is 2.16. The fraction of sp³-hybridized carbons (Fsp3) is 0.429. The van der Waals surface area contributed by atoms with Crippen LogP contribution in [0.2, 0.25) is 0 Å². The van der Waals surface area contributed by atoms with Crippen molar-refractivity contribution in [1.29, 1.82) is 0 Å². The van der Waals surface area contributed by atoms with Crippen molar-refractivity contribution >= 4 is 0 Å². The van der Waals surface area contributed by atoms with Crippen molar-refractivity contribution in [2.75, 3.05) is 0 Å². The SMILES string of the molecule is OC(CC1CCC1)c1cnnn1-c1ccccc1. The Morgan fingerprint density at radius 1 is 1.28 bits per heavy atom. The van der Waals surface area contributed by atoms with E-state index in [0.717, 1.165) is 17.8 Å². The van der Waals surface area contributed by atoms with Gasteiger partial charge in [-0.25, -0.2) is 4.68 Å². The Morgan fingerprint density at radius 2 is 2.06 bits per heavy atom. The zero-order chi connectivity index (χ0) is 12.4. The molecule has 0 bridgehead atoms. The Labute approximate surface area is 106 Å². The van der Waals surface area contributed by atoms with Crippen LogP contribution in [0, 0.1) is 5.92 Å². The Morgan fingerprint density at radius 3 is 2.72 bits per heavy atom. The lowest BCUT2D eigenvalue weighted by molar-refractivity contribution is 0.113. The predicted molar refractivity (Wildman–Crippen MR) is 68.3 cm³/mol. The van der Waals surface area contributed by atoms with E-state index in [0.29, 0.717) is 5.92 Å². The average molecular weight is 243 g/mol. The highest BCUT2D eigenvalue weighted by molar-refractivity contribution is 5.31. The summed E-state index contributed by atoms with van der Waals surface area (Å²) in [6, 6.07) is 9.81. The fourth-order valence-electron chi connectivity index (χ4n) is 2.41. The molecule has 1 aliphatic rings. The van der Waals surface area contributed by atoms with Gasteiger partial charge in [-0.3, -0.25) is 0 Å². The van der Waals surface area contributed by atoms with Crippen molar-refractivity contribution in [2.45, 2.75) is 31.8 Å². The molecule has 1 atom stereocenters. The first-order valence-corrected chi connectivity index (χ1v) is 6.48. The molecule has 0 saturated heterocycles. The monoisotopic (exact) mass is 243 g/mol. The number of aliphatic hydroxyl groups is 1. The van der Waals surface area contributed by atoms with Crippen molar-refractivity contribution in [3.05, 3.63) is 42.2 Å². The summed E-state index contributed by atoms with van der Waals surface area (Å²) < 4.78 is 1.73. The maximum absolute atomic E-state index is 10.3. The minimum atomic E-state index is -0.467. The van der Waals surface area contributed by atoms with E-state index >= 15 is 0 Å². The molecule has 1 fully saturated rings. The summed E-state index contributed by atoms with van der Waals surface area (Å²) >= 11 is 0. The van der Waals surface area contributed by atoms with Gasteiger partial charge in [0.1, 0.15) is 0 Å². The summed E-state index contributed by atoms with van der Waals surface area (Å²) in [6.45, 7) is 0. The van der Waals surface area contributed by atoms with Gasteiger partial charge in [-0.1, -0.05) is 42.7 Å². The molecular weight excluding hydrogens is 226 g/mol. The van der Waals surface area contributed by atoms with Crippen LogP contribution in [-0.2, 0) is 0 Å². The smallest absolute Gasteiger partial charge is 0.0980 e. The van der Waals surface area contributed by atoms with E-state index in [1.165, 1.54) is 19.3 Å². The van der Waals surface area contributed by atoms with Gasteiger partial charge < -0.3 is 5.11 Å². The quantitative estimate of drug-likeness (QED) is 0.897. The summed E-state index contributed by atoms with van der Waals surface area (Å²) in [4.78, 5) is 0. The molecule has 1 N–H and O–H groups in total. The third-order valence-electron chi connectivity index (χ3n) is 3.70.